The minimum Gasteiger partial charge on any atom is -0.251 e. The summed E-state index contributed by atoms with van der Waals surface area (Å²) >= 11 is 36.5. The zero-order chi connectivity index (χ0) is 20.8. The molecule has 0 aliphatic carbocycles. The standard InChI is InChI=1S/C18H6Cl6F3N/c19-11-4-15(23)13(21)1-8(11)7-3-17(18(25,26)27)28-6-10(7)9-2-14(22)16(24)5-12(9)20/h1-6H. The van der Waals surface area contributed by atoms with Crippen LogP contribution in [-0.4, -0.2) is 4.98 Å². The largest absolute Gasteiger partial charge is 0.433 e. The van der Waals surface area contributed by atoms with E-state index in [2.05, 4.69) is 4.98 Å². The van der Waals surface area contributed by atoms with Crippen LogP contribution in [0.3, 0.4) is 0 Å². The Labute approximate surface area is 187 Å². The van der Waals surface area contributed by atoms with Crippen LogP contribution in [0.15, 0.2) is 36.5 Å². The van der Waals surface area contributed by atoms with Crippen molar-refractivity contribution in [1.82, 2.24) is 4.98 Å². The highest BCUT2D eigenvalue weighted by molar-refractivity contribution is 6.45. The van der Waals surface area contributed by atoms with Crippen molar-refractivity contribution in [2.45, 2.75) is 6.18 Å². The van der Waals surface area contributed by atoms with Gasteiger partial charge in [-0.1, -0.05) is 69.6 Å². The Kier molecular flexibility index (Phi) is 6.31. The molecule has 1 nitrogen and oxygen atoms in total. The molecule has 0 bridgehead atoms. The van der Waals surface area contributed by atoms with Crippen molar-refractivity contribution in [3.05, 3.63) is 72.4 Å². The molecule has 0 saturated heterocycles. The lowest BCUT2D eigenvalue weighted by Crippen LogP contribution is -2.08. The van der Waals surface area contributed by atoms with Crippen LogP contribution < -0.4 is 0 Å². The second-order valence-electron chi connectivity index (χ2n) is 5.61. The van der Waals surface area contributed by atoms with E-state index >= 15 is 0 Å². The molecule has 0 unspecified atom stereocenters. The molecule has 0 radical (unpaired) electrons. The van der Waals surface area contributed by atoms with E-state index < -0.39 is 11.9 Å². The maximum absolute atomic E-state index is 13.3. The van der Waals surface area contributed by atoms with Gasteiger partial charge in [-0.3, -0.25) is 4.98 Å². The summed E-state index contributed by atoms with van der Waals surface area (Å²) in [6.07, 6.45) is -3.63. The van der Waals surface area contributed by atoms with Gasteiger partial charge >= 0.3 is 6.18 Å². The molecule has 146 valence electrons. The summed E-state index contributed by atoms with van der Waals surface area (Å²) in [4.78, 5) is 3.51. The molecule has 0 spiro atoms. The maximum atomic E-state index is 13.3. The average Bonchev–Trinajstić information content (AvgIpc) is 2.60. The van der Waals surface area contributed by atoms with E-state index in [9.17, 15) is 13.2 Å². The summed E-state index contributed by atoms with van der Waals surface area (Å²) in [5.41, 5.74) is -0.192. The van der Waals surface area contributed by atoms with Crippen LogP contribution in [-0.2, 0) is 6.18 Å². The van der Waals surface area contributed by atoms with E-state index in [1.165, 1.54) is 24.3 Å². The summed E-state index contributed by atoms with van der Waals surface area (Å²) in [5.74, 6) is 0. The lowest BCUT2D eigenvalue weighted by Gasteiger charge is -2.16. The summed E-state index contributed by atoms with van der Waals surface area (Å²) in [6.45, 7) is 0. The number of halogens is 9. The number of nitrogens with zero attached hydrogens (tertiary/aromatic N) is 1. The minimum atomic E-state index is -4.67. The van der Waals surface area contributed by atoms with Gasteiger partial charge in [-0.2, -0.15) is 13.2 Å². The Balaban J connectivity index is 2.37. The Morgan fingerprint density at radius 3 is 1.43 bits per heavy atom. The number of rotatable bonds is 2. The van der Waals surface area contributed by atoms with Crippen molar-refractivity contribution in [3.8, 4) is 22.3 Å². The van der Waals surface area contributed by atoms with E-state index in [0.29, 0.717) is 5.56 Å². The first-order valence-electron chi connectivity index (χ1n) is 7.36. The van der Waals surface area contributed by atoms with E-state index in [-0.39, 0.29) is 46.8 Å². The fraction of sp³-hybridized carbons (Fsp3) is 0.0556. The number of pyridine rings is 1. The van der Waals surface area contributed by atoms with E-state index in [0.717, 1.165) is 12.3 Å². The molecular formula is C18H6Cl6F3N. The minimum absolute atomic E-state index is 0.103. The second-order valence-corrected chi connectivity index (χ2v) is 8.05. The van der Waals surface area contributed by atoms with Crippen molar-refractivity contribution in [3.63, 3.8) is 0 Å². The summed E-state index contributed by atoms with van der Waals surface area (Å²) < 4.78 is 39.8. The van der Waals surface area contributed by atoms with Crippen LogP contribution in [0.25, 0.3) is 22.3 Å². The molecule has 0 aliphatic heterocycles. The van der Waals surface area contributed by atoms with Gasteiger partial charge in [0, 0.05) is 22.9 Å². The van der Waals surface area contributed by atoms with Gasteiger partial charge in [-0.05, 0) is 35.9 Å². The summed E-state index contributed by atoms with van der Waals surface area (Å²) in [5, 5.41) is 0.934. The first-order chi connectivity index (χ1) is 13.0. The van der Waals surface area contributed by atoms with Gasteiger partial charge in [-0.15, -0.1) is 0 Å². The topological polar surface area (TPSA) is 12.9 Å². The number of alkyl halides is 3. The third kappa shape index (κ3) is 4.33. The SMILES string of the molecule is FC(F)(F)c1cc(-c2cc(Cl)c(Cl)cc2Cl)c(-c2cc(Cl)c(Cl)cc2Cl)cn1. The molecule has 1 heterocycles. The van der Waals surface area contributed by atoms with Gasteiger partial charge in [0.2, 0.25) is 0 Å². The Morgan fingerprint density at radius 2 is 0.964 bits per heavy atom. The van der Waals surface area contributed by atoms with Gasteiger partial charge in [-0.25, -0.2) is 0 Å². The van der Waals surface area contributed by atoms with E-state index in [1.807, 2.05) is 0 Å². The van der Waals surface area contributed by atoms with Crippen LogP contribution in [0.4, 0.5) is 13.2 Å². The summed E-state index contributed by atoms with van der Waals surface area (Å²) in [6, 6.07) is 6.40. The molecule has 2 aromatic carbocycles. The van der Waals surface area contributed by atoms with Crippen molar-refractivity contribution in [2.75, 3.05) is 0 Å². The van der Waals surface area contributed by atoms with Crippen LogP contribution in [0, 0.1) is 0 Å². The highest BCUT2D eigenvalue weighted by Crippen LogP contribution is 2.44. The molecule has 0 fully saturated rings. The normalized spacial score (nSPS) is 11.8. The third-order valence-electron chi connectivity index (χ3n) is 3.79. The second kappa shape index (κ2) is 8.10. The quantitative estimate of drug-likeness (QED) is 0.316. The monoisotopic (exact) mass is 503 g/mol. The fourth-order valence-electron chi connectivity index (χ4n) is 2.51. The lowest BCUT2D eigenvalue weighted by atomic mass is 9.95. The molecule has 1 aromatic heterocycles. The molecule has 0 amide bonds. The zero-order valence-corrected chi connectivity index (χ0v) is 17.8. The third-order valence-corrected chi connectivity index (χ3v) is 5.86. The van der Waals surface area contributed by atoms with Gasteiger partial charge in [0.25, 0.3) is 0 Å². The van der Waals surface area contributed by atoms with Crippen molar-refractivity contribution < 1.29 is 13.2 Å². The number of aromatic nitrogens is 1. The maximum Gasteiger partial charge on any atom is 0.433 e. The van der Waals surface area contributed by atoms with Gasteiger partial charge in [0.15, 0.2) is 0 Å². The molecule has 28 heavy (non-hydrogen) atoms. The Bertz CT molecular complexity index is 1080. The van der Waals surface area contributed by atoms with Crippen molar-refractivity contribution >= 4 is 69.6 Å². The Hall–Kier alpha value is -0.880. The highest BCUT2D eigenvalue weighted by Gasteiger charge is 2.33. The molecule has 3 aromatic rings. The van der Waals surface area contributed by atoms with Crippen LogP contribution >= 0.6 is 69.6 Å². The molecular weight excluding hydrogens is 500 g/mol. The molecule has 0 N–H and O–H groups in total. The summed E-state index contributed by atoms with van der Waals surface area (Å²) in [7, 11) is 0. The smallest absolute Gasteiger partial charge is 0.251 e. The fourth-order valence-corrected chi connectivity index (χ4v) is 3.80. The van der Waals surface area contributed by atoms with Gasteiger partial charge in [0.1, 0.15) is 5.69 Å². The van der Waals surface area contributed by atoms with Crippen molar-refractivity contribution in [1.29, 1.82) is 0 Å². The predicted octanol–water partition coefficient (Wildman–Crippen LogP) is 9.35. The van der Waals surface area contributed by atoms with Crippen molar-refractivity contribution in [2.24, 2.45) is 0 Å². The van der Waals surface area contributed by atoms with Gasteiger partial charge < -0.3 is 0 Å². The Morgan fingerprint density at radius 1 is 0.536 bits per heavy atom. The number of hydrogen-bond donors (Lipinski definition) is 0. The zero-order valence-electron chi connectivity index (χ0n) is 13.3. The average molecular weight is 506 g/mol. The first-order valence-corrected chi connectivity index (χ1v) is 9.63. The molecule has 0 saturated carbocycles. The highest BCUT2D eigenvalue weighted by atomic mass is 35.5. The number of benzene rings is 2. The molecule has 0 atom stereocenters. The number of hydrogen-bond acceptors (Lipinski definition) is 1. The molecule has 10 heteroatoms. The van der Waals surface area contributed by atoms with E-state index in [4.69, 9.17) is 69.6 Å². The first kappa shape index (κ1) is 21.8. The predicted molar refractivity (Wildman–Crippen MR) is 110 cm³/mol. The molecule has 3 rings (SSSR count). The molecule has 0 aliphatic rings. The van der Waals surface area contributed by atoms with Crippen LogP contribution in [0.2, 0.25) is 30.1 Å². The van der Waals surface area contributed by atoms with Gasteiger partial charge in [0.05, 0.1) is 30.1 Å². The van der Waals surface area contributed by atoms with Crippen LogP contribution in [0.1, 0.15) is 5.69 Å². The van der Waals surface area contributed by atoms with Crippen LogP contribution in [0.5, 0.6) is 0 Å². The van der Waals surface area contributed by atoms with E-state index in [1.54, 1.807) is 0 Å². The lowest BCUT2D eigenvalue weighted by molar-refractivity contribution is -0.141.